The summed E-state index contributed by atoms with van der Waals surface area (Å²) in [5, 5.41) is 8.82. The molecule has 3 nitrogen and oxygen atoms in total. The minimum atomic E-state index is -0.132. The van der Waals surface area contributed by atoms with E-state index < -0.39 is 0 Å². The average Bonchev–Trinajstić information content (AvgIpc) is 2.74. The zero-order valence-electron chi connectivity index (χ0n) is 15.4. The Morgan fingerprint density at radius 1 is 0.893 bits per heavy atom. The summed E-state index contributed by atoms with van der Waals surface area (Å²) in [5.74, 6) is -0.132. The number of carbonyl (C=O) groups excluding carboxylic acids is 1. The van der Waals surface area contributed by atoms with Gasteiger partial charge < -0.3 is 0 Å². The van der Waals surface area contributed by atoms with Crippen molar-refractivity contribution in [2.45, 2.75) is 13.3 Å². The minimum absolute atomic E-state index is 0.132. The molecule has 138 valence electrons. The van der Waals surface area contributed by atoms with Crippen molar-refractivity contribution < 1.29 is 4.79 Å². The second-order valence-electron chi connectivity index (χ2n) is 6.72. The molecule has 0 saturated carbocycles. The monoisotopic (exact) mass is 430 g/mol. The number of fused-ring (bicyclic) bond motifs is 2. The van der Waals surface area contributed by atoms with Gasteiger partial charge in [0.25, 0.3) is 0 Å². The van der Waals surface area contributed by atoms with Crippen LogP contribution in [0.3, 0.4) is 0 Å². The largest absolute Gasteiger partial charge is 0.273 e. The van der Waals surface area contributed by atoms with Gasteiger partial charge in [-0.15, -0.1) is 0 Å². The molecule has 1 N–H and O–H groups in total. The number of carbonyl (C=O) groups is 1. The Morgan fingerprint density at radius 2 is 1.61 bits per heavy atom. The summed E-state index contributed by atoms with van der Waals surface area (Å²) in [6.45, 7) is 1.90. The van der Waals surface area contributed by atoms with Crippen molar-refractivity contribution in [2.24, 2.45) is 5.10 Å². The number of hydrogen-bond donors (Lipinski definition) is 1. The smallest absolute Gasteiger partial charge is 0.244 e. The van der Waals surface area contributed by atoms with E-state index >= 15 is 0 Å². The normalized spacial score (nSPS) is 11.7. The first-order valence-electron chi connectivity index (χ1n) is 9.10. The molecule has 1 amide bonds. The summed E-state index contributed by atoms with van der Waals surface area (Å²) in [7, 11) is 0. The lowest BCUT2D eigenvalue weighted by molar-refractivity contribution is -0.120. The number of hydrazone groups is 1. The van der Waals surface area contributed by atoms with Crippen LogP contribution in [0.1, 0.15) is 18.1 Å². The van der Waals surface area contributed by atoms with Gasteiger partial charge in [0.15, 0.2) is 0 Å². The van der Waals surface area contributed by atoms with E-state index in [-0.39, 0.29) is 12.3 Å². The average molecular weight is 431 g/mol. The Hall–Kier alpha value is -2.98. The van der Waals surface area contributed by atoms with Crippen LogP contribution in [0.4, 0.5) is 0 Å². The van der Waals surface area contributed by atoms with Gasteiger partial charge in [-0.2, -0.15) is 5.10 Å². The highest BCUT2D eigenvalue weighted by Gasteiger charge is 2.09. The van der Waals surface area contributed by atoms with Gasteiger partial charge in [-0.25, -0.2) is 5.43 Å². The van der Waals surface area contributed by atoms with Gasteiger partial charge >= 0.3 is 0 Å². The molecular formula is C24H19BrN2O. The molecule has 4 heteroatoms. The van der Waals surface area contributed by atoms with E-state index in [2.05, 4.69) is 50.7 Å². The number of hydrogen-bond acceptors (Lipinski definition) is 2. The highest BCUT2D eigenvalue weighted by molar-refractivity contribution is 9.10. The maximum atomic E-state index is 12.5. The van der Waals surface area contributed by atoms with E-state index in [9.17, 15) is 4.79 Å². The predicted molar refractivity (Wildman–Crippen MR) is 120 cm³/mol. The van der Waals surface area contributed by atoms with Crippen LogP contribution in [-0.4, -0.2) is 11.6 Å². The first-order chi connectivity index (χ1) is 13.6. The van der Waals surface area contributed by atoms with Crippen LogP contribution in [0, 0.1) is 0 Å². The molecule has 4 aromatic rings. The minimum Gasteiger partial charge on any atom is -0.273 e. The molecule has 0 aliphatic rings. The Balaban J connectivity index is 1.51. The van der Waals surface area contributed by atoms with Gasteiger partial charge in [0.2, 0.25) is 5.91 Å². The summed E-state index contributed by atoms with van der Waals surface area (Å²) >= 11 is 3.57. The third-order valence-corrected chi connectivity index (χ3v) is 5.52. The molecule has 0 fully saturated rings. The van der Waals surface area contributed by atoms with Gasteiger partial charge in [-0.05, 0) is 51.7 Å². The number of halogens is 1. The predicted octanol–water partition coefficient (Wildman–Crippen LogP) is 5.84. The molecule has 0 unspecified atom stereocenters. The summed E-state index contributed by atoms with van der Waals surface area (Å²) in [4.78, 5) is 12.5. The van der Waals surface area contributed by atoms with E-state index in [1.807, 2.05) is 61.5 Å². The second-order valence-corrected chi connectivity index (χ2v) is 7.58. The Bertz CT molecular complexity index is 1210. The highest BCUT2D eigenvalue weighted by atomic mass is 79.9. The van der Waals surface area contributed by atoms with Crippen molar-refractivity contribution in [3.05, 3.63) is 94.5 Å². The van der Waals surface area contributed by atoms with E-state index in [1.54, 1.807) is 0 Å². The van der Waals surface area contributed by atoms with Crippen molar-refractivity contribution in [1.82, 2.24) is 5.43 Å². The zero-order chi connectivity index (χ0) is 19.5. The molecule has 0 bridgehead atoms. The molecule has 0 aromatic heterocycles. The highest BCUT2D eigenvalue weighted by Crippen LogP contribution is 2.27. The first-order valence-corrected chi connectivity index (χ1v) is 9.89. The van der Waals surface area contributed by atoms with Crippen molar-refractivity contribution in [1.29, 1.82) is 0 Å². The molecule has 0 aliphatic carbocycles. The van der Waals surface area contributed by atoms with Crippen LogP contribution in [0.2, 0.25) is 0 Å². The van der Waals surface area contributed by atoms with E-state index in [1.165, 1.54) is 5.39 Å². The number of amides is 1. The van der Waals surface area contributed by atoms with Gasteiger partial charge in [0.05, 0.1) is 12.1 Å². The molecule has 0 atom stereocenters. The van der Waals surface area contributed by atoms with Crippen LogP contribution < -0.4 is 5.43 Å². The Kier molecular flexibility index (Phi) is 5.22. The van der Waals surface area contributed by atoms with Gasteiger partial charge in [0.1, 0.15) is 0 Å². The van der Waals surface area contributed by atoms with E-state index in [4.69, 9.17) is 0 Å². The van der Waals surface area contributed by atoms with Crippen molar-refractivity contribution in [2.75, 3.05) is 0 Å². The number of rotatable bonds is 4. The Labute approximate surface area is 172 Å². The van der Waals surface area contributed by atoms with Crippen molar-refractivity contribution in [3.63, 3.8) is 0 Å². The second kappa shape index (κ2) is 7.95. The molecule has 0 heterocycles. The van der Waals surface area contributed by atoms with Crippen LogP contribution in [0.15, 0.2) is 88.4 Å². The molecule has 0 radical (unpaired) electrons. The number of benzene rings is 4. The lowest BCUT2D eigenvalue weighted by Crippen LogP contribution is -2.21. The van der Waals surface area contributed by atoms with Gasteiger partial charge in [-0.3, -0.25) is 4.79 Å². The van der Waals surface area contributed by atoms with Crippen molar-refractivity contribution >= 4 is 49.1 Å². The molecule has 4 aromatic carbocycles. The third-order valence-electron chi connectivity index (χ3n) is 4.83. The number of nitrogens with one attached hydrogen (secondary N) is 1. The van der Waals surface area contributed by atoms with Gasteiger partial charge in [-0.1, -0.05) is 82.7 Å². The summed E-state index contributed by atoms with van der Waals surface area (Å²) in [5.41, 5.74) is 5.45. The summed E-state index contributed by atoms with van der Waals surface area (Å²) in [6.07, 6.45) is 0.280. The molecular weight excluding hydrogens is 412 g/mol. The summed E-state index contributed by atoms with van der Waals surface area (Å²) in [6, 6.07) is 26.4. The van der Waals surface area contributed by atoms with E-state index in [0.717, 1.165) is 37.5 Å². The standard InChI is InChI=1S/C24H19BrN2O/c1-16(18-11-10-17-6-2-3-7-19(17)14-18)26-27-24(28)15-20-12-13-23(25)22-9-5-4-8-21(20)22/h2-14H,15H2,1H3,(H,27,28)/b26-16-. The third kappa shape index (κ3) is 3.82. The zero-order valence-corrected chi connectivity index (χ0v) is 17.0. The molecule has 28 heavy (non-hydrogen) atoms. The fraction of sp³-hybridized carbons (Fsp3) is 0.0833. The van der Waals surface area contributed by atoms with E-state index in [0.29, 0.717) is 0 Å². The first kappa shape index (κ1) is 18.4. The molecule has 0 saturated heterocycles. The topological polar surface area (TPSA) is 41.5 Å². The fourth-order valence-corrected chi connectivity index (χ4v) is 3.79. The van der Waals surface area contributed by atoms with Crippen LogP contribution >= 0.6 is 15.9 Å². The maximum Gasteiger partial charge on any atom is 0.244 e. The fourth-order valence-electron chi connectivity index (χ4n) is 3.32. The van der Waals surface area contributed by atoms with Crippen LogP contribution in [-0.2, 0) is 11.2 Å². The van der Waals surface area contributed by atoms with Crippen LogP contribution in [0.25, 0.3) is 21.5 Å². The summed E-state index contributed by atoms with van der Waals surface area (Å²) < 4.78 is 1.03. The molecule has 4 rings (SSSR count). The number of nitrogens with zero attached hydrogens (tertiary/aromatic N) is 1. The van der Waals surface area contributed by atoms with Crippen molar-refractivity contribution in [3.8, 4) is 0 Å². The maximum absolute atomic E-state index is 12.5. The molecule has 0 spiro atoms. The SMILES string of the molecule is C/C(=N/NC(=O)Cc1ccc(Br)c2ccccc12)c1ccc2ccccc2c1. The lowest BCUT2D eigenvalue weighted by atomic mass is 10.0. The van der Waals surface area contributed by atoms with Gasteiger partial charge in [0, 0.05) is 4.47 Å². The van der Waals surface area contributed by atoms with Crippen LogP contribution in [0.5, 0.6) is 0 Å². The Morgan fingerprint density at radius 3 is 2.43 bits per heavy atom. The quantitative estimate of drug-likeness (QED) is 0.320. The molecule has 0 aliphatic heterocycles. The lowest BCUT2D eigenvalue weighted by Gasteiger charge is -2.08.